The van der Waals surface area contributed by atoms with E-state index in [0.29, 0.717) is 40.9 Å². The maximum Gasteiger partial charge on any atom is 0.230 e. The van der Waals surface area contributed by atoms with Gasteiger partial charge < -0.3 is 10.1 Å². The summed E-state index contributed by atoms with van der Waals surface area (Å²) in [6, 6.07) is 11.3. The first-order chi connectivity index (χ1) is 15.2. The van der Waals surface area contributed by atoms with Crippen LogP contribution >= 0.6 is 0 Å². The zero-order valence-corrected chi connectivity index (χ0v) is 19.2. The Labute approximate surface area is 188 Å². The number of sulfone groups is 1. The lowest BCUT2D eigenvalue weighted by atomic mass is 10.1. The molecule has 2 aromatic carbocycles. The Morgan fingerprint density at radius 1 is 1.12 bits per heavy atom. The minimum Gasteiger partial charge on any atom is -0.493 e. The molecule has 0 radical (unpaired) electrons. The maximum absolute atomic E-state index is 13.8. The van der Waals surface area contributed by atoms with E-state index in [1.54, 1.807) is 30.3 Å². The smallest absolute Gasteiger partial charge is 0.230 e. The lowest BCUT2D eigenvalue weighted by molar-refractivity contribution is 0.297. The van der Waals surface area contributed by atoms with Crippen molar-refractivity contribution in [2.75, 3.05) is 18.2 Å². The molecule has 32 heavy (non-hydrogen) atoms. The fraction of sp³-hybridized carbons (Fsp3) is 0.348. The van der Waals surface area contributed by atoms with E-state index in [4.69, 9.17) is 4.74 Å². The van der Waals surface area contributed by atoms with Gasteiger partial charge in [-0.3, -0.25) is 0 Å². The molecule has 170 valence electrons. The molecule has 1 heterocycles. The molecule has 0 atom stereocenters. The highest BCUT2D eigenvalue weighted by molar-refractivity contribution is 7.89. The Morgan fingerprint density at radius 2 is 1.94 bits per heavy atom. The van der Waals surface area contributed by atoms with Gasteiger partial charge in [-0.2, -0.15) is 4.98 Å². The highest BCUT2D eigenvalue weighted by Gasteiger charge is 2.13. The monoisotopic (exact) mass is 458 g/mol. The van der Waals surface area contributed by atoms with Crippen LogP contribution in [0.4, 0.5) is 16.0 Å². The van der Waals surface area contributed by atoms with Crippen molar-refractivity contribution in [1.82, 2.24) is 15.0 Å². The molecule has 7 nitrogen and oxygen atoms in total. The van der Waals surface area contributed by atoms with Crippen LogP contribution in [0.3, 0.4) is 0 Å². The first-order valence-corrected chi connectivity index (χ1v) is 12.4. The van der Waals surface area contributed by atoms with Crippen molar-refractivity contribution in [3.05, 3.63) is 60.2 Å². The molecular formula is C23H27FN4O3S. The van der Waals surface area contributed by atoms with Gasteiger partial charge in [-0.15, -0.1) is 0 Å². The predicted molar refractivity (Wildman–Crippen MR) is 123 cm³/mol. The normalized spacial score (nSPS) is 11.5. The molecule has 0 bridgehead atoms. The Morgan fingerprint density at radius 3 is 2.69 bits per heavy atom. The summed E-state index contributed by atoms with van der Waals surface area (Å²) < 4.78 is 42.8. The molecule has 0 aliphatic heterocycles. The van der Waals surface area contributed by atoms with Crippen molar-refractivity contribution in [3.63, 3.8) is 0 Å². The second-order valence-electron chi connectivity index (χ2n) is 8.05. The van der Waals surface area contributed by atoms with E-state index < -0.39 is 15.7 Å². The topological polar surface area (TPSA) is 94.1 Å². The van der Waals surface area contributed by atoms with Crippen LogP contribution in [0.1, 0.15) is 32.3 Å². The first kappa shape index (κ1) is 23.6. The van der Waals surface area contributed by atoms with Gasteiger partial charge in [-0.05, 0) is 48.6 Å². The highest BCUT2D eigenvalue weighted by Crippen LogP contribution is 2.29. The number of anilines is 2. The van der Waals surface area contributed by atoms with Crippen molar-refractivity contribution >= 4 is 21.5 Å². The Hall–Kier alpha value is -3.07. The van der Waals surface area contributed by atoms with E-state index >= 15 is 0 Å². The summed E-state index contributed by atoms with van der Waals surface area (Å²) in [5, 5.41) is 3.06. The van der Waals surface area contributed by atoms with Crippen LogP contribution in [0.5, 0.6) is 5.75 Å². The molecule has 1 N–H and O–H groups in total. The van der Waals surface area contributed by atoms with Gasteiger partial charge in [0.05, 0.1) is 17.9 Å². The molecule has 0 saturated carbocycles. The second-order valence-corrected chi connectivity index (χ2v) is 10.2. The lowest BCUT2D eigenvalue weighted by Gasteiger charge is -2.12. The minimum atomic E-state index is -3.15. The van der Waals surface area contributed by atoms with Gasteiger partial charge in [-0.25, -0.2) is 22.8 Å². The van der Waals surface area contributed by atoms with E-state index in [2.05, 4.69) is 34.1 Å². The van der Waals surface area contributed by atoms with E-state index in [0.717, 1.165) is 12.8 Å². The summed E-state index contributed by atoms with van der Waals surface area (Å²) in [6.45, 7) is 4.76. The fourth-order valence-corrected chi connectivity index (χ4v) is 3.92. The van der Waals surface area contributed by atoms with Gasteiger partial charge in [0.1, 0.15) is 17.9 Å². The summed E-state index contributed by atoms with van der Waals surface area (Å²) in [5.74, 6) is 1.11. The average molecular weight is 459 g/mol. The molecule has 0 aliphatic rings. The molecule has 0 fully saturated rings. The molecule has 3 aromatic rings. The molecule has 3 rings (SSSR count). The SMILES string of the molecule is CC(C)CCCOc1cc(F)ccc1-c1ncnc(Nc2cccc(CS(C)(=O)=O)c2)n1. The minimum absolute atomic E-state index is 0.0575. The van der Waals surface area contributed by atoms with Gasteiger partial charge >= 0.3 is 0 Å². The van der Waals surface area contributed by atoms with Gasteiger partial charge in [0.25, 0.3) is 0 Å². The number of hydrogen-bond acceptors (Lipinski definition) is 7. The van der Waals surface area contributed by atoms with Crippen LogP contribution in [0.15, 0.2) is 48.8 Å². The predicted octanol–water partition coefficient (Wildman–Crippen LogP) is 4.78. The van der Waals surface area contributed by atoms with E-state index in [9.17, 15) is 12.8 Å². The molecule has 9 heteroatoms. The van der Waals surface area contributed by atoms with Crippen molar-refractivity contribution in [2.45, 2.75) is 32.4 Å². The van der Waals surface area contributed by atoms with Crippen molar-refractivity contribution < 1.29 is 17.5 Å². The summed E-state index contributed by atoms with van der Waals surface area (Å²) in [5.41, 5.74) is 1.86. The maximum atomic E-state index is 13.8. The number of nitrogens with zero attached hydrogens (tertiary/aromatic N) is 3. The van der Waals surface area contributed by atoms with Crippen LogP contribution in [0, 0.1) is 11.7 Å². The Balaban J connectivity index is 1.80. The lowest BCUT2D eigenvalue weighted by Crippen LogP contribution is -2.04. The number of rotatable bonds is 10. The Kier molecular flexibility index (Phi) is 7.74. The molecule has 0 spiro atoms. The molecular weight excluding hydrogens is 431 g/mol. The quantitative estimate of drug-likeness (QED) is 0.437. The van der Waals surface area contributed by atoms with Gasteiger partial charge in [-0.1, -0.05) is 26.0 Å². The van der Waals surface area contributed by atoms with Crippen LogP contribution in [-0.4, -0.2) is 36.2 Å². The van der Waals surface area contributed by atoms with Gasteiger partial charge in [0.15, 0.2) is 15.7 Å². The van der Waals surface area contributed by atoms with E-state index in [1.807, 2.05) is 0 Å². The number of ether oxygens (including phenoxy) is 1. The summed E-state index contributed by atoms with van der Waals surface area (Å²) in [6.07, 6.45) is 4.43. The molecule has 0 unspecified atom stereocenters. The number of benzene rings is 2. The molecule has 1 aromatic heterocycles. The zero-order chi connectivity index (χ0) is 23.1. The zero-order valence-electron chi connectivity index (χ0n) is 18.4. The molecule has 0 aliphatic carbocycles. The first-order valence-electron chi connectivity index (χ1n) is 10.3. The van der Waals surface area contributed by atoms with E-state index in [1.165, 1.54) is 24.7 Å². The third-order valence-electron chi connectivity index (χ3n) is 4.55. The largest absolute Gasteiger partial charge is 0.493 e. The number of nitrogens with one attached hydrogen (secondary N) is 1. The second kappa shape index (κ2) is 10.5. The highest BCUT2D eigenvalue weighted by atomic mass is 32.2. The van der Waals surface area contributed by atoms with E-state index in [-0.39, 0.29) is 11.7 Å². The average Bonchev–Trinajstić information content (AvgIpc) is 2.70. The Bertz CT molecular complexity index is 1170. The van der Waals surface area contributed by atoms with Crippen molar-refractivity contribution in [1.29, 1.82) is 0 Å². The number of halogens is 1. The summed E-state index contributed by atoms with van der Waals surface area (Å²) in [7, 11) is -3.15. The summed E-state index contributed by atoms with van der Waals surface area (Å²) >= 11 is 0. The fourth-order valence-electron chi connectivity index (χ4n) is 3.13. The van der Waals surface area contributed by atoms with Crippen LogP contribution in [0.2, 0.25) is 0 Å². The van der Waals surface area contributed by atoms with Crippen molar-refractivity contribution in [3.8, 4) is 17.1 Å². The number of aromatic nitrogens is 3. The standard InChI is InChI=1S/C23H27FN4O3S/c1-16(2)6-5-11-31-21-13-18(24)9-10-20(21)22-25-15-26-23(28-22)27-19-8-4-7-17(12-19)14-32(3,29)30/h4,7-10,12-13,15-16H,5-6,11,14H2,1-3H3,(H,25,26,27,28). The van der Waals surface area contributed by atoms with Gasteiger partial charge in [0.2, 0.25) is 5.95 Å². The van der Waals surface area contributed by atoms with Crippen LogP contribution in [-0.2, 0) is 15.6 Å². The molecule has 0 amide bonds. The van der Waals surface area contributed by atoms with Gasteiger partial charge in [0, 0.05) is 18.0 Å². The number of hydrogen-bond donors (Lipinski definition) is 1. The third kappa shape index (κ3) is 7.26. The van der Waals surface area contributed by atoms with Crippen LogP contribution < -0.4 is 10.1 Å². The third-order valence-corrected chi connectivity index (χ3v) is 5.41. The molecule has 0 saturated heterocycles. The summed E-state index contributed by atoms with van der Waals surface area (Å²) in [4.78, 5) is 12.8. The van der Waals surface area contributed by atoms with Crippen molar-refractivity contribution in [2.24, 2.45) is 5.92 Å². The van der Waals surface area contributed by atoms with Crippen LogP contribution in [0.25, 0.3) is 11.4 Å².